The van der Waals surface area contributed by atoms with Crippen LogP contribution in [-0.2, 0) is 6.54 Å². The van der Waals surface area contributed by atoms with Crippen LogP contribution in [0.15, 0.2) is 16.9 Å². The second-order valence-electron chi connectivity index (χ2n) is 7.59. The van der Waals surface area contributed by atoms with E-state index in [-0.39, 0.29) is 11.9 Å². The Bertz CT molecular complexity index is 781. The Kier molecular flexibility index (Phi) is 4.48. The van der Waals surface area contributed by atoms with Crippen LogP contribution in [0.5, 0.6) is 0 Å². The number of hydrogen-bond donors (Lipinski definition) is 0. The zero-order valence-electron chi connectivity index (χ0n) is 15.6. The van der Waals surface area contributed by atoms with E-state index in [1.54, 1.807) is 12.4 Å². The molecule has 0 spiro atoms. The zero-order chi connectivity index (χ0) is 18.3. The van der Waals surface area contributed by atoms with Crippen LogP contribution in [-0.4, -0.2) is 56.5 Å². The molecule has 0 saturated carbocycles. The number of hydrogen-bond acceptors (Lipinski definition) is 6. The average molecular weight is 355 g/mol. The van der Waals surface area contributed by atoms with Gasteiger partial charge in [0.15, 0.2) is 0 Å². The highest BCUT2D eigenvalue weighted by Gasteiger charge is 2.38. The van der Waals surface area contributed by atoms with Crippen molar-refractivity contribution in [1.82, 2.24) is 24.9 Å². The van der Waals surface area contributed by atoms with Gasteiger partial charge in [0, 0.05) is 44.0 Å². The van der Waals surface area contributed by atoms with Crippen molar-refractivity contribution in [3.63, 3.8) is 0 Å². The van der Waals surface area contributed by atoms with Gasteiger partial charge in [-0.15, -0.1) is 0 Å². The molecule has 26 heavy (non-hydrogen) atoms. The van der Waals surface area contributed by atoms with Crippen LogP contribution in [0.1, 0.15) is 46.0 Å². The zero-order valence-corrected chi connectivity index (χ0v) is 15.6. The van der Waals surface area contributed by atoms with E-state index in [0.717, 1.165) is 49.7 Å². The van der Waals surface area contributed by atoms with E-state index in [9.17, 15) is 4.79 Å². The third-order valence-electron chi connectivity index (χ3n) is 5.61. The molecule has 5 rings (SSSR count). The van der Waals surface area contributed by atoms with Crippen LogP contribution in [0.4, 0.5) is 0 Å². The Morgan fingerprint density at radius 1 is 1.15 bits per heavy atom. The van der Waals surface area contributed by atoms with Crippen LogP contribution in [0.25, 0.3) is 0 Å². The Morgan fingerprint density at radius 2 is 2.00 bits per heavy atom. The van der Waals surface area contributed by atoms with Gasteiger partial charge in [0.1, 0.15) is 11.5 Å². The highest BCUT2D eigenvalue weighted by molar-refractivity contribution is 5.92. The number of amides is 1. The fraction of sp³-hybridized carbons (Fsp3) is 0.579. The first kappa shape index (κ1) is 17.1. The monoisotopic (exact) mass is 355 g/mol. The van der Waals surface area contributed by atoms with E-state index in [0.29, 0.717) is 11.6 Å². The van der Waals surface area contributed by atoms with Crippen LogP contribution < -0.4 is 0 Å². The van der Waals surface area contributed by atoms with Gasteiger partial charge in [-0.2, -0.15) is 0 Å². The van der Waals surface area contributed by atoms with Gasteiger partial charge in [-0.1, -0.05) is 5.16 Å². The molecule has 0 aliphatic carbocycles. The lowest BCUT2D eigenvalue weighted by atomic mass is 9.95. The summed E-state index contributed by atoms with van der Waals surface area (Å²) in [5, 5.41) is 4.07. The first-order chi connectivity index (χ1) is 12.5. The molecule has 2 atom stereocenters. The molecule has 1 amide bonds. The number of fused-ring (bicyclic) bond motifs is 4. The van der Waals surface area contributed by atoms with E-state index in [4.69, 9.17) is 4.52 Å². The predicted octanol–water partition coefficient (Wildman–Crippen LogP) is 2.13. The molecule has 0 radical (unpaired) electrons. The van der Waals surface area contributed by atoms with Gasteiger partial charge in [0.25, 0.3) is 5.91 Å². The molecule has 3 saturated heterocycles. The van der Waals surface area contributed by atoms with Crippen molar-refractivity contribution >= 4 is 5.91 Å². The lowest BCUT2D eigenvalue weighted by Crippen LogP contribution is -2.47. The Labute approximate surface area is 153 Å². The van der Waals surface area contributed by atoms with Crippen molar-refractivity contribution in [3.05, 3.63) is 40.8 Å². The molecule has 3 aliphatic rings. The van der Waals surface area contributed by atoms with E-state index < -0.39 is 0 Å². The molecular formula is C19H25N5O2. The predicted molar refractivity (Wildman–Crippen MR) is 95.6 cm³/mol. The topological polar surface area (TPSA) is 75.4 Å². The lowest BCUT2D eigenvalue weighted by Gasteiger charge is -2.36. The molecule has 2 unspecified atom stereocenters. The standard InChI is InChI=1S/C19H25N5O2/c1-12-6-21-18(7-20-12)19(25)24-9-15-4-5-16(24)10-23(8-15)11-17-13(2)22-26-14(17)3/h6-7,15-16H,4-5,8-11H2,1-3H3. The third kappa shape index (κ3) is 3.23. The number of carbonyl (C=O) groups excluding carboxylic acids is 1. The smallest absolute Gasteiger partial charge is 0.274 e. The summed E-state index contributed by atoms with van der Waals surface area (Å²) in [6.07, 6.45) is 5.48. The second kappa shape index (κ2) is 6.79. The number of carbonyl (C=O) groups is 1. The molecule has 2 aromatic rings. The number of aromatic nitrogens is 3. The van der Waals surface area contributed by atoms with Crippen molar-refractivity contribution in [2.24, 2.45) is 5.92 Å². The Morgan fingerprint density at radius 3 is 2.69 bits per heavy atom. The maximum Gasteiger partial charge on any atom is 0.274 e. The van der Waals surface area contributed by atoms with Crippen LogP contribution in [0.2, 0.25) is 0 Å². The Balaban J connectivity index is 1.51. The molecule has 138 valence electrons. The average Bonchev–Trinajstić information content (AvgIpc) is 2.82. The van der Waals surface area contributed by atoms with Gasteiger partial charge in [-0.25, -0.2) is 4.98 Å². The summed E-state index contributed by atoms with van der Waals surface area (Å²) in [7, 11) is 0. The number of aryl methyl sites for hydroxylation is 3. The van der Waals surface area contributed by atoms with Gasteiger partial charge in [0.05, 0.1) is 17.6 Å². The summed E-state index contributed by atoms with van der Waals surface area (Å²) in [5.74, 6) is 1.39. The van der Waals surface area contributed by atoms with E-state index >= 15 is 0 Å². The summed E-state index contributed by atoms with van der Waals surface area (Å²) in [4.78, 5) is 25.9. The van der Waals surface area contributed by atoms with E-state index in [1.807, 2.05) is 25.7 Å². The third-order valence-corrected chi connectivity index (χ3v) is 5.61. The fourth-order valence-corrected chi connectivity index (χ4v) is 4.16. The normalized spacial score (nSPS) is 23.3. The molecule has 7 nitrogen and oxygen atoms in total. The van der Waals surface area contributed by atoms with Crippen molar-refractivity contribution in [2.75, 3.05) is 19.6 Å². The van der Waals surface area contributed by atoms with Gasteiger partial charge in [-0.3, -0.25) is 14.7 Å². The SMILES string of the molecule is Cc1cnc(C(=O)N2CC3CCC2CN(Cc2c(C)noc2C)C3)cn1. The minimum Gasteiger partial charge on any atom is -0.361 e. The molecule has 5 heterocycles. The lowest BCUT2D eigenvalue weighted by molar-refractivity contribution is 0.0578. The molecule has 0 aromatic carbocycles. The maximum absolute atomic E-state index is 13.0. The van der Waals surface area contributed by atoms with Gasteiger partial charge in [-0.05, 0) is 39.5 Å². The minimum absolute atomic E-state index is 0.00592. The van der Waals surface area contributed by atoms with Crippen molar-refractivity contribution in [3.8, 4) is 0 Å². The molecule has 2 aromatic heterocycles. The minimum atomic E-state index is 0.00592. The highest BCUT2D eigenvalue weighted by Crippen LogP contribution is 2.30. The summed E-state index contributed by atoms with van der Waals surface area (Å²) >= 11 is 0. The Hall–Kier alpha value is -2.28. The summed E-state index contributed by atoms with van der Waals surface area (Å²) in [5.41, 5.74) is 3.40. The molecule has 3 aliphatic heterocycles. The van der Waals surface area contributed by atoms with E-state index in [1.165, 1.54) is 12.0 Å². The summed E-state index contributed by atoms with van der Waals surface area (Å²) in [6.45, 7) is 9.35. The van der Waals surface area contributed by atoms with Crippen LogP contribution in [0, 0.1) is 26.7 Å². The molecule has 7 heteroatoms. The van der Waals surface area contributed by atoms with E-state index in [2.05, 4.69) is 20.0 Å². The van der Waals surface area contributed by atoms with Gasteiger partial charge < -0.3 is 9.42 Å². The summed E-state index contributed by atoms with van der Waals surface area (Å²) < 4.78 is 5.31. The number of nitrogens with zero attached hydrogens (tertiary/aromatic N) is 5. The van der Waals surface area contributed by atoms with Crippen molar-refractivity contribution < 1.29 is 9.32 Å². The highest BCUT2D eigenvalue weighted by atomic mass is 16.5. The first-order valence-electron chi connectivity index (χ1n) is 9.25. The largest absolute Gasteiger partial charge is 0.361 e. The van der Waals surface area contributed by atoms with Gasteiger partial charge in [0.2, 0.25) is 0 Å². The van der Waals surface area contributed by atoms with Crippen LogP contribution in [0.3, 0.4) is 0 Å². The first-order valence-corrected chi connectivity index (χ1v) is 9.25. The molecule has 2 bridgehead atoms. The summed E-state index contributed by atoms with van der Waals surface area (Å²) in [6, 6.07) is 0.227. The molecule has 3 fully saturated rings. The molecular weight excluding hydrogens is 330 g/mol. The number of piperidine rings is 1. The fourth-order valence-electron chi connectivity index (χ4n) is 4.16. The number of rotatable bonds is 3. The quantitative estimate of drug-likeness (QED) is 0.840. The van der Waals surface area contributed by atoms with Crippen molar-refractivity contribution in [2.45, 2.75) is 46.2 Å². The molecule has 0 N–H and O–H groups in total. The van der Waals surface area contributed by atoms with Crippen LogP contribution >= 0.6 is 0 Å². The van der Waals surface area contributed by atoms with Crippen molar-refractivity contribution in [1.29, 1.82) is 0 Å². The van der Waals surface area contributed by atoms with Gasteiger partial charge >= 0.3 is 0 Å². The second-order valence-corrected chi connectivity index (χ2v) is 7.59. The maximum atomic E-state index is 13.0.